The zero-order valence-corrected chi connectivity index (χ0v) is 24.4. The Morgan fingerprint density at radius 2 is 1.90 bits per heavy atom. The number of rotatable bonds is 10. The fourth-order valence-corrected chi connectivity index (χ4v) is 5.27. The number of ether oxygens (including phenoxy) is 4. The summed E-state index contributed by atoms with van der Waals surface area (Å²) in [4.78, 5) is 39.0. The number of hydrogen-bond donors (Lipinski definition) is 4. The Morgan fingerprint density at radius 1 is 1.20 bits per heavy atom. The molecule has 3 fully saturated rings. The van der Waals surface area contributed by atoms with E-state index in [0.717, 1.165) is 12.0 Å². The van der Waals surface area contributed by atoms with Crippen LogP contribution in [0.25, 0.3) is 0 Å². The van der Waals surface area contributed by atoms with E-state index in [9.17, 15) is 19.5 Å². The van der Waals surface area contributed by atoms with Crippen molar-refractivity contribution in [2.75, 3.05) is 6.61 Å². The number of carbonyl (C=O) groups is 3. The number of nitrogens with zero attached hydrogens (tertiary/aromatic N) is 1. The topological polar surface area (TPSA) is 188 Å². The molecule has 0 saturated carbocycles. The minimum Gasteiger partial charge on any atom is -0.459 e. The first-order valence-corrected chi connectivity index (χ1v) is 14.0. The van der Waals surface area contributed by atoms with Crippen LogP contribution in [0.5, 0.6) is 0 Å². The zero-order chi connectivity index (χ0) is 30.3. The summed E-state index contributed by atoms with van der Waals surface area (Å²) in [6.07, 6.45) is 7.82. The first-order valence-electron chi connectivity index (χ1n) is 14.0. The van der Waals surface area contributed by atoms with Gasteiger partial charge in [0.05, 0.1) is 37.4 Å². The third-order valence-electron chi connectivity index (χ3n) is 7.58. The van der Waals surface area contributed by atoms with Gasteiger partial charge in [-0.15, -0.1) is 0 Å². The fourth-order valence-electron chi connectivity index (χ4n) is 5.27. The molecule has 3 saturated heterocycles. The average molecular weight is 577 g/mol. The Labute approximate surface area is 241 Å². The predicted molar refractivity (Wildman–Crippen MR) is 151 cm³/mol. The third-order valence-corrected chi connectivity index (χ3v) is 7.58. The fraction of sp³-hybridized carbons (Fsp3) is 0.655. The van der Waals surface area contributed by atoms with Gasteiger partial charge in [-0.25, -0.2) is 0 Å². The molecule has 3 rings (SSSR count). The number of guanidine groups is 1. The summed E-state index contributed by atoms with van der Waals surface area (Å²) in [5, 5.41) is 13.8. The van der Waals surface area contributed by atoms with Gasteiger partial charge >= 0.3 is 5.97 Å². The van der Waals surface area contributed by atoms with Crippen molar-refractivity contribution >= 4 is 23.7 Å². The summed E-state index contributed by atoms with van der Waals surface area (Å²) in [5.41, 5.74) is 10.8. The van der Waals surface area contributed by atoms with Crippen LogP contribution in [0.15, 0.2) is 40.9 Å². The van der Waals surface area contributed by atoms with Gasteiger partial charge in [0.1, 0.15) is 23.9 Å². The van der Waals surface area contributed by atoms with E-state index in [0.29, 0.717) is 19.4 Å². The van der Waals surface area contributed by atoms with Crippen molar-refractivity contribution in [3.63, 3.8) is 0 Å². The molecule has 1 spiro atoms. The number of esters is 1. The average Bonchev–Trinajstić information content (AvgIpc) is 3.64. The Hall–Kier alpha value is -3.06. The number of hydrogen-bond acceptors (Lipinski definition) is 8. The summed E-state index contributed by atoms with van der Waals surface area (Å²) < 4.78 is 22.8. The minimum atomic E-state index is -0.851. The lowest BCUT2D eigenvalue weighted by molar-refractivity contribution is -0.144. The van der Waals surface area contributed by atoms with Gasteiger partial charge < -0.3 is 40.8 Å². The SMILES string of the molecule is CC(=O)O[C@@H](C)/C=C\C(=O)N[C@@H]1C[C@H](C)[C@H](C/C=C(C)/C=C/[C@H]2O[C@H](CC(=O)N=C(N)N)CC3(CO3)[C@H]2O)O[C@@H]1C. The second-order valence-electron chi connectivity index (χ2n) is 11.3. The lowest BCUT2D eigenvalue weighted by atomic mass is 9.87. The number of allylic oxidation sites excluding steroid dienone is 2. The molecule has 228 valence electrons. The van der Waals surface area contributed by atoms with E-state index in [2.05, 4.69) is 23.3 Å². The van der Waals surface area contributed by atoms with Crippen molar-refractivity contribution in [1.82, 2.24) is 5.32 Å². The number of nitrogens with one attached hydrogen (secondary N) is 1. The number of aliphatic imine (C=N–C) groups is 1. The van der Waals surface area contributed by atoms with Gasteiger partial charge in [-0.05, 0) is 45.6 Å². The van der Waals surface area contributed by atoms with Crippen LogP contribution in [0, 0.1) is 5.92 Å². The van der Waals surface area contributed by atoms with E-state index in [1.165, 1.54) is 13.0 Å². The number of nitrogens with two attached hydrogens (primary N) is 2. The van der Waals surface area contributed by atoms with Gasteiger partial charge in [0.25, 0.3) is 5.91 Å². The molecule has 12 heteroatoms. The van der Waals surface area contributed by atoms with Gasteiger partial charge in [-0.3, -0.25) is 14.4 Å². The van der Waals surface area contributed by atoms with E-state index >= 15 is 0 Å². The number of epoxide rings is 1. The van der Waals surface area contributed by atoms with Crippen molar-refractivity contribution in [3.05, 3.63) is 36.0 Å². The summed E-state index contributed by atoms with van der Waals surface area (Å²) in [5.74, 6) is -1.24. The van der Waals surface area contributed by atoms with Crippen LogP contribution < -0.4 is 16.8 Å². The van der Waals surface area contributed by atoms with Crippen LogP contribution in [0.1, 0.15) is 60.3 Å². The van der Waals surface area contributed by atoms with E-state index in [1.807, 2.05) is 19.9 Å². The van der Waals surface area contributed by atoms with Crippen LogP contribution >= 0.6 is 0 Å². The molecule has 6 N–H and O–H groups in total. The molecule has 3 aliphatic heterocycles. The largest absolute Gasteiger partial charge is 0.459 e. The molecule has 0 radical (unpaired) electrons. The molecule has 3 heterocycles. The molecule has 41 heavy (non-hydrogen) atoms. The highest BCUT2D eigenvalue weighted by Crippen LogP contribution is 2.43. The summed E-state index contributed by atoms with van der Waals surface area (Å²) >= 11 is 0. The molecular weight excluding hydrogens is 532 g/mol. The Kier molecular flexibility index (Phi) is 11.3. The van der Waals surface area contributed by atoms with Crippen molar-refractivity contribution < 1.29 is 38.4 Å². The Morgan fingerprint density at radius 3 is 2.54 bits per heavy atom. The number of aliphatic hydroxyl groups is 1. The lowest BCUT2D eigenvalue weighted by Gasteiger charge is -2.39. The second-order valence-corrected chi connectivity index (χ2v) is 11.3. The molecule has 3 aliphatic rings. The van der Waals surface area contributed by atoms with Crippen LogP contribution in [0.4, 0.5) is 0 Å². The van der Waals surface area contributed by atoms with Crippen LogP contribution in [-0.4, -0.2) is 83.7 Å². The van der Waals surface area contributed by atoms with E-state index in [4.69, 9.17) is 30.4 Å². The molecule has 2 amide bonds. The maximum atomic E-state index is 12.4. The van der Waals surface area contributed by atoms with Gasteiger partial charge in [0.15, 0.2) is 5.96 Å². The minimum absolute atomic E-state index is 0.00484. The molecular formula is C29H44N4O8. The van der Waals surface area contributed by atoms with Crippen molar-refractivity contribution in [2.45, 2.75) is 109 Å². The number of amides is 2. The molecule has 1 unspecified atom stereocenters. The molecule has 0 aromatic heterocycles. The number of carbonyl (C=O) groups excluding carboxylic acids is 3. The third kappa shape index (κ3) is 9.77. The Bertz CT molecular complexity index is 1080. The monoisotopic (exact) mass is 576 g/mol. The first kappa shape index (κ1) is 32.5. The quantitative estimate of drug-likeness (QED) is 0.0734. The maximum absolute atomic E-state index is 12.4. The summed E-state index contributed by atoms with van der Waals surface area (Å²) in [6.45, 7) is 9.41. The highest BCUT2D eigenvalue weighted by Gasteiger charge is 2.58. The molecule has 9 atom stereocenters. The van der Waals surface area contributed by atoms with E-state index < -0.39 is 41.9 Å². The smallest absolute Gasteiger partial charge is 0.303 e. The Balaban J connectivity index is 1.51. The summed E-state index contributed by atoms with van der Waals surface area (Å²) in [6, 6.07) is -0.138. The van der Waals surface area contributed by atoms with Crippen molar-refractivity contribution in [3.8, 4) is 0 Å². The first-order chi connectivity index (χ1) is 19.3. The van der Waals surface area contributed by atoms with E-state index in [-0.39, 0.29) is 42.5 Å². The normalized spacial score (nSPS) is 34.4. The highest BCUT2D eigenvalue weighted by atomic mass is 16.6. The predicted octanol–water partition coefficient (Wildman–Crippen LogP) is 1.16. The van der Waals surface area contributed by atoms with Crippen LogP contribution in [0.3, 0.4) is 0 Å². The van der Waals surface area contributed by atoms with Gasteiger partial charge in [-0.1, -0.05) is 30.7 Å². The molecule has 12 nitrogen and oxygen atoms in total. The maximum Gasteiger partial charge on any atom is 0.303 e. The molecule has 0 bridgehead atoms. The summed E-state index contributed by atoms with van der Waals surface area (Å²) in [7, 11) is 0. The number of aliphatic hydroxyl groups excluding tert-OH is 1. The molecule has 0 aromatic rings. The van der Waals surface area contributed by atoms with Crippen molar-refractivity contribution in [2.24, 2.45) is 22.4 Å². The second kappa shape index (κ2) is 14.2. The zero-order valence-electron chi connectivity index (χ0n) is 24.4. The standard InChI is InChI=1S/C29H44N4O8/c1-16(7-10-24-27(37)29(15-38-29)14-21(41-24)13-26(36)33-28(30)31)6-9-23-17(2)12-22(19(4)40-23)32-25(35)11-8-18(3)39-20(5)34/h6-8,10-11,17-19,21-24,27,37H,9,12-15H2,1-5H3,(H,32,35)(H4,30,31,33,36)/b10-7+,11-8-,16-6+/t17-,18-,19+,21+,22+,23-,24+,27-,29?/m0/s1. The van der Waals surface area contributed by atoms with Gasteiger partial charge in [-0.2, -0.15) is 4.99 Å². The van der Waals surface area contributed by atoms with Crippen LogP contribution in [0.2, 0.25) is 0 Å². The van der Waals surface area contributed by atoms with Gasteiger partial charge in [0.2, 0.25) is 5.91 Å². The van der Waals surface area contributed by atoms with Gasteiger partial charge in [0, 0.05) is 19.4 Å². The lowest BCUT2D eigenvalue weighted by Crippen LogP contribution is -2.50. The molecule has 0 aliphatic carbocycles. The molecule has 0 aromatic carbocycles. The van der Waals surface area contributed by atoms with Crippen molar-refractivity contribution in [1.29, 1.82) is 0 Å². The van der Waals surface area contributed by atoms with E-state index in [1.54, 1.807) is 19.1 Å². The van der Waals surface area contributed by atoms with Crippen LogP contribution in [-0.2, 0) is 33.3 Å². The highest BCUT2D eigenvalue weighted by molar-refractivity contribution is 5.91.